The monoisotopic (exact) mass is 385 g/mol. The molecule has 0 radical (unpaired) electrons. The molecule has 6 nitrogen and oxygen atoms in total. The van der Waals surface area contributed by atoms with E-state index < -0.39 is 0 Å². The van der Waals surface area contributed by atoms with Crippen molar-refractivity contribution in [2.75, 3.05) is 40.7 Å². The Morgan fingerprint density at radius 1 is 1.04 bits per heavy atom. The highest BCUT2D eigenvalue weighted by Crippen LogP contribution is 2.45. The third-order valence-electron chi connectivity index (χ3n) is 5.59. The van der Waals surface area contributed by atoms with Crippen LogP contribution in [0, 0.1) is 0 Å². The zero-order chi connectivity index (χ0) is 19.5. The van der Waals surface area contributed by atoms with E-state index in [0.717, 1.165) is 42.5 Å². The largest absolute Gasteiger partial charge is 0.493 e. The standard InChI is InChI=1S/C22H27NO5/c1-4-23-12-16(15-10-20(25-3)22-21(11-15)27-14-28-22)9-17(23)13-26-19-8-6-5-7-18(19)24-2/h5-8,10-11,16-17H,4,9,12-14H2,1-3H3/t16?,17-/m1/s1. The topological polar surface area (TPSA) is 49.4 Å². The predicted octanol–water partition coefficient (Wildman–Crippen LogP) is 3.69. The van der Waals surface area contributed by atoms with Gasteiger partial charge in [-0.15, -0.1) is 0 Å². The van der Waals surface area contributed by atoms with Crippen molar-refractivity contribution in [2.45, 2.75) is 25.3 Å². The molecule has 150 valence electrons. The van der Waals surface area contributed by atoms with Crippen molar-refractivity contribution in [2.24, 2.45) is 0 Å². The van der Waals surface area contributed by atoms with Crippen molar-refractivity contribution in [1.82, 2.24) is 4.90 Å². The fraction of sp³-hybridized carbons (Fsp3) is 0.455. The molecule has 0 spiro atoms. The first kappa shape index (κ1) is 18.7. The first-order chi connectivity index (χ1) is 13.7. The second kappa shape index (κ2) is 8.19. The highest BCUT2D eigenvalue weighted by atomic mass is 16.7. The molecule has 0 saturated carbocycles. The van der Waals surface area contributed by atoms with Crippen LogP contribution in [0.15, 0.2) is 36.4 Å². The zero-order valence-electron chi connectivity index (χ0n) is 16.6. The Hall–Kier alpha value is -2.60. The number of ether oxygens (including phenoxy) is 5. The third kappa shape index (κ3) is 3.56. The second-order valence-corrected chi connectivity index (χ2v) is 7.09. The van der Waals surface area contributed by atoms with Crippen LogP contribution in [-0.4, -0.2) is 51.7 Å². The summed E-state index contributed by atoms with van der Waals surface area (Å²) in [6.45, 7) is 5.04. The Bertz CT molecular complexity index is 825. The Morgan fingerprint density at radius 3 is 2.57 bits per heavy atom. The van der Waals surface area contributed by atoms with Gasteiger partial charge in [0, 0.05) is 12.6 Å². The molecule has 0 aromatic heterocycles. The SMILES string of the molecule is CCN1CC(c2cc(OC)c3c(c2)OCO3)C[C@@H]1COc1ccccc1OC. The van der Waals surface area contributed by atoms with Gasteiger partial charge < -0.3 is 23.7 Å². The molecule has 0 amide bonds. The summed E-state index contributed by atoms with van der Waals surface area (Å²) in [4.78, 5) is 2.47. The van der Waals surface area contributed by atoms with Crippen molar-refractivity contribution in [3.8, 4) is 28.7 Å². The van der Waals surface area contributed by atoms with Gasteiger partial charge in [0.25, 0.3) is 0 Å². The molecule has 2 aliphatic rings. The van der Waals surface area contributed by atoms with Gasteiger partial charge in [0.05, 0.1) is 14.2 Å². The van der Waals surface area contributed by atoms with Crippen molar-refractivity contribution >= 4 is 0 Å². The maximum atomic E-state index is 6.11. The molecule has 28 heavy (non-hydrogen) atoms. The number of nitrogens with zero attached hydrogens (tertiary/aromatic N) is 1. The lowest BCUT2D eigenvalue weighted by molar-refractivity contribution is 0.171. The minimum Gasteiger partial charge on any atom is -0.493 e. The molecule has 2 atom stereocenters. The van der Waals surface area contributed by atoms with Crippen LogP contribution in [0.2, 0.25) is 0 Å². The van der Waals surface area contributed by atoms with Crippen LogP contribution in [0.5, 0.6) is 28.7 Å². The van der Waals surface area contributed by atoms with Crippen LogP contribution in [-0.2, 0) is 0 Å². The summed E-state index contributed by atoms with van der Waals surface area (Å²) >= 11 is 0. The van der Waals surface area contributed by atoms with E-state index in [9.17, 15) is 0 Å². The Balaban J connectivity index is 1.48. The molecule has 6 heteroatoms. The number of methoxy groups -OCH3 is 2. The number of para-hydroxylation sites is 2. The molecule has 1 fully saturated rings. The lowest BCUT2D eigenvalue weighted by Crippen LogP contribution is -2.34. The molecule has 0 aliphatic carbocycles. The summed E-state index contributed by atoms with van der Waals surface area (Å²) in [5.41, 5.74) is 1.22. The van der Waals surface area contributed by atoms with Gasteiger partial charge >= 0.3 is 0 Å². The number of likely N-dealkylation sites (tertiary alicyclic amines) is 1. The first-order valence-corrected chi connectivity index (χ1v) is 9.70. The summed E-state index contributed by atoms with van der Waals surface area (Å²) in [6.07, 6.45) is 1.02. The van der Waals surface area contributed by atoms with E-state index in [-0.39, 0.29) is 6.79 Å². The fourth-order valence-corrected chi connectivity index (χ4v) is 4.10. The average Bonchev–Trinajstić information content (AvgIpc) is 3.38. The normalized spacial score (nSPS) is 21.0. The molecular weight excluding hydrogens is 358 g/mol. The highest BCUT2D eigenvalue weighted by molar-refractivity contribution is 5.56. The molecular formula is C22H27NO5. The van der Waals surface area contributed by atoms with E-state index in [2.05, 4.69) is 24.0 Å². The molecule has 2 aromatic rings. The minimum absolute atomic E-state index is 0.246. The first-order valence-electron chi connectivity index (χ1n) is 9.70. The second-order valence-electron chi connectivity index (χ2n) is 7.09. The van der Waals surface area contributed by atoms with Crippen LogP contribution in [0.25, 0.3) is 0 Å². The van der Waals surface area contributed by atoms with Gasteiger partial charge in [0.2, 0.25) is 12.5 Å². The quantitative estimate of drug-likeness (QED) is 0.725. The van der Waals surface area contributed by atoms with Gasteiger partial charge in [0.15, 0.2) is 23.0 Å². The summed E-state index contributed by atoms with van der Waals surface area (Å²) in [5.74, 6) is 4.16. The number of likely N-dealkylation sites (N-methyl/N-ethyl adjacent to an activating group) is 1. The van der Waals surface area contributed by atoms with Crippen molar-refractivity contribution in [1.29, 1.82) is 0 Å². The average molecular weight is 385 g/mol. The van der Waals surface area contributed by atoms with E-state index in [1.54, 1.807) is 14.2 Å². The highest BCUT2D eigenvalue weighted by Gasteiger charge is 2.34. The summed E-state index contributed by atoms with van der Waals surface area (Å²) in [5, 5.41) is 0. The van der Waals surface area contributed by atoms with Gasteiger partial charge in [-0.05, 0) is 48.7 Å². The van der Waals surface area contributed by atoms with Crippen molar-refractivity contribution in [3.63, 3.8) is 0 Å². The molecule has 2 aliphatic heterocycles. The van der Waals surface area contributed by atoms with E-state index in [4.69, 9.17) is 23.7 Å². The van der Waals surface area contributed by atoms with Gasteiger partial charge in [0.1, 0.15) is 6.61 Å². The number of hydrogen-bond donors (Lipinski definition) is 0. The van der Waals surface area contributed by atoms with Crippen LogP contribution in [0.3, 0.4) is 0 Å². The molecule has 1 unspecified atom stereocenters. The third-order valence-corrected chi connectivity index (χ3v) is 5.59. The van der Waals surface area contributed by atoms with Crippen molar-refractivity contribution < 1.29 is 23.7 Å². The number of rotatable bonds is 7. The fourth-order valence-electron chi connectivity index (χ4n) is 4.10. The summed E-state index contributed by atoms with van der Waals surface area (Å²) < 4.78 is 28.1. The molecule has 2 aromatic carbocycles. The van der Waals surface area contributed by atoms with Gasteiger partial charge in [-0.3, -0.25) is 4.90 Å². The molecule has 2 heterocycles. The Labute approximate surface area is 165 Å². The van der Waals surface area contributed by atoms with Crippen LogP contribution < -0.4 is 23.7 Å². The number of benzene rings is 2. The van der Waals surface area contributed by atoms with E-state index in [0.29, 0.717) is 24.3 Å². The maximum Gasteiger partial charge on any atom is 0.231 e. The molecule has 4 rings (SSSR count). The van der Waals surface area contributed by atoms with E-state index in [1.165, 1.54) is 5.56 Å². The molecule has 0 bridgehead atoms. The lowest BCUT2D eigenvalue weighted by Gasteiger charge is -2.23. The van der Waals surface area contributed by atoms with Crippen LogP contribution in [0.4, 0.5) is 0 Å². The van der Waals surface area contributed by atoms with Gasteiger partial charge in [-0.1, -0.05) is 19.1 Å². The Kier molecular flexibility index (Phi) is 5.48. The maximum absolute atomic E-state index is 6.11. The van der Waals surface area contributed by atoms with E-state index in [1.807, 2.05) is 24.3 Å². The van der Waals surface area contributed by atoms with Gasteiger partial charge in [-0.2, -0.15) is 0 Å². The smallest absolute Gasteiger partial charge is 0.231 e. The van der Waals surface area contributed by atoms with E-state index >= 15 is 0 Å². The molecule has 1 saturated heterocycles. The van der Waals surface area contributed by atoms with Crippen LogP contribution >= 0.6 is 0 Å². The summed E-state index contributed by atoms with van der Waals surface area (Å²) in [6, 6.07) is 12.3. The summed E-state index contributed by atoms with van der Waals surface area (Å²) in [7, 11) is 3.33. The number of hydrogen-bond acceptors (Lipinski definition) is 6. The van der Waals surface area contributed by atoms with Crippen LogP contribution in [0.1, 0.15) is 24.8 Å². The zero-order valence-corrected chi connectivity index (χ0v) is 16.6. The minimum atomic E-state index is 0.246. The lowest BCUT2D eigenvalue weighted by atomic mass is 9.95. The number of fused-ring (bicyclic) bond motifs is 1. The van der Waals surface area contributed by atoms with Crippen molar-refractivity contribution in [3.05, 3.63) is 42.0 Å². The Morgan fingerprint density at radius 2 is 1.82 bits per heavy atom. The molecule has 0 N–H and O–H groups in total. The van der Waals surface area contributed by atoms with Gasteiger partial charge in [-0.25, -0.2) is 0 Å². The predicted molar refractivity (Wildman–Crippen MR) is 106 cm³/mol.